The molecule has 6 rings (SSSR count). The van der Waals surface area contributed by atoms with Crippen molar-refractivity contribution in [1.29, 1.82) is 0 Å². The lowest BCUT2D eigenvalue weighted by Gasteiger charge is -2.47. The number of piperidine rings is 1. The van der Waals surface area contributed by atoms with Gasteiger partial charge in [-0.05, 0) is 104 Å². The van der Waals surface area contributed by atoms with E-state index in [1.165, 1.54) is 4.90 Å². The van der Waals surface area contributed by atoms with Gasteiger partial charge in [0.1, 0.15) is 17.3 Å². The van der Waals surface area contributed by atoms with Crippen molar-refractivity contribution in [3.63, 3.8) is 0 Å². The number of hydrogen-bond acceptors (Lipinski definition) is 10. The maximum absolute atomic E-state index is 14.1. The molecule has 4 aliphatic rings. The predicted octanol–water partition coefficient (Wildman–Crippen LogP) is 6.06. The number of morpholine rings is 1. The van der Waals surface area contributed by atoms with Gasteiger partial charge in [0, 0.05) is 44.1 Å². The molecule has 0 N–H and O–H groups in total. The summed E-state index contributed by atoms with van der Waals surface area (Å²) in [6.45, 7) is 18.7. The fraction of sp³-hybridized carbons (Fsp3) is 0.611. The maximum atomic E-state index is 14.1. The zero-order valence-corrected chi connectivity index (χ0v) is 29.3. The molecule has 0 bridgehead atoms. The molecule has 48 heavy (non-hydrogen) atoms. The van der Waals surface area contributed by atoms with Crippen LogP contribution < -0.4 is 14.5 Å². The number of hydrogen-bond donors (Lipinski definition) is 0. The molecular formula is C36H49N5O7. The number of fused-ring (bicyclic) bond motifs is 2. The first kappa shape index (κ1) is 34.0. The second kappa shape index (κ2) is 13.2. The van der Waals surface area contributed by atoms with E-state index in [0.717, 1.165) is 49.0 Å². The van der Waals surface area contributed by atoms with Crippen molar-refractivity contribution in [1.82, 2.24) is 14.8 Å². The van der Waals surface area contributed by atoms with Crippen LogP contribution in [0.5, 0.6) is 5.75 Å². The van der Waals surface area contributed by atoms with Crippen LogP contribution in [0.2, 0.25) is 0 Å². The fourth-order valence-electron chi connectivity index (χ4n) is 6.98. The summed E-state index contributed by atoms with van der Waals surface area (Å²) in [4.78, 5) is 51.9. The van der Waals surface area contributed by atoms with Gasteiger partial charge in [-0.1, -0.05) is 0 Å². The van der Waals surface area contributed by atoms with Gasteiger partial charge in [0.2, 0.25) is 0 Å². The summed E-state index contributed by atoms with van der Waals surface area (Å²) in [5, 5.41) is 0. The Labute approximate surface area is 283 Å². The van der Waals surface area contributed by atoms with Gasteiger partial charge in [-0.2, -0.15) is 0 Å². The van der Waals surface area contributed by atoms with Crippen molar-refractivity contribution >= 4 is 35.7 Å². The Morgan fingerprint density at radius 3 is 2.19 bits per heavy atom. The number of carbonyl (C=O) groups is 3. The quantitative estimate of drug-likeness (QED) is 0.358. The average molecular weight is 664 g/mol. The molecule has 4 aliphatic heterocycles. The van der Waals surface area contributed by atoms with Crippen LogP contribution in [0.25, 0.3) is 0 Å². The summed E-state index contributed by atoms with van der Waals surface area (Å²) >= 11 is 0. The van der Waals surface area contributed by atoms with E-state index in [0.29, 0.717) is 68.3 Å². The molecule has 2 amide bonds. The Morgan fingerprint density at radius 1 is 0.917 bits per heavy atom. The van der Waals surface area contributed by atoms with Gasteiger partial charge in [-0.3, -0.25) is 9.69 Å². The van der Waals surface area contributed by atoms with Crippen molar-refractivity contribution in [3.05, 3.63) is 41.1 Å². The molecule has 5 heterocycles. The smallest absolute Gasteiger partial charge is 0.420 e. The normalized spacial score (nSPS) is 21.0. The molecule has 1 unspecified atom stereocenters. The highest BCUT2D eigenvalue weighted by molar-refractivity contribution is 6.01. The molecule has 2 aromatic rings. The Morgan fingerprint density at radius 2 is 1.56 bits per heavy atom. The highest BCUT2D eigenvalue weighted by atomic mass is 16.6. The van der Waals surface area contributed by atoms with Crippen LogP contribution in [0.1, 0.15) is 94.8 Å². The minimum Gasteiger partial charge on any atom is -0.483 e. The zero-order chi connectivity index (χ0) is 34.4. The highest BCUT2D eigenvalue weighted by Gasteiger charge is 2.40. The molecule has 1 aromatic carbocycles. The van der Waals surface area contributed by atoms with Crippen molar-refractivity contribution in [2.45, 2.75) is 90.6 Å². The van der Waals surface area contributed by atoms with Crippen LogP contribution in [0.3, 0.4) is 0 Å². The molecule has 3 fully saturated rings. The molecule has 0 aliphatic carbocycles. The number of pyridine rings is 1. The van der Waals surface area contributed by atoms with Gasteiger partial charge in [-0.25, -0.2) is 19.5 Å². The maximum Gasteiger partial charge on any atom is 0.420 e. The number of anilines is 3. The summed E-state index contributed by atoms with van der Waals surface area (Å²) in [5.41, 5.74) is 2.20. The third kappa shape index (κ3) is 7.10. The lowest BCUT2D eigenvalue weighted by Crippen LogP contribution is -2.62. The Bertz CT molecular complexity index is 1530. The number of amides is 2. The molecule has 12 heteroatoms. The minimum absolute atomic E-state index is 0.167. The number of ether oxygens (including phenoxy) is 4. The van der Waals surface area contributed by atoms with Crippen LogP contribution in [0.4, 0.5) is 26.8 Å². The lowest BCUT2D eigenvalue weighted by atomic mass is 9.87. The second-order valence-corrected chi connectivity index (χ2v) is 15.2. The SMILES string of the molecule is CC1Oc2c(C=O)cc(C3CCN(C4CN(C(=O)OC(C)(C)C)C4)CC3)cc2N(C(=O)OC(C)(C)C)c2nccc(N3CCOCC3)c21. The van der Waals surface area contributed by atoms with Gasteiger partial charge in [0.25, 0.3) is 0 Å². The first-order chi connectivity index (χ1) is 22.7. The topological polar surface area (TPSA) is 114 Å². The van der Waals surface area contributed by atoms with Gasteiger partial charge >= 0.3 is 12.2 Å². The lowest BCUT2D eigenvalue weighted by molar-refractivity contribution is -0.0196. The van der Waals surface area contributed by atoms with Crippen LogP contribution in [0, 0.1) is 0 Å². The standard InChI is InChI=1S/C36H49N5O7/c1-23-30-28(39-14-16-45-17-15-39)8-11-37-32(30)41(34(44)48-36(5,6)7)29-19-25(18-26(22-42)31(29)46-23)24-9-12-38(13-10-24)27-20-40(21-27)33(43)47-35(2,3)4/h8,11,18-19,22-24,27H,9-10,12-17,20-21H2,1-7H3. The minimum atomic E-state index is -0.767. The number of benzene rings is 1. The Hall–Kier alpha value is -3.90. The summed E-state index contributed by atoms with van der Waals surface area (Å²) in [6, 6.07) is 6.14. The molecule has 12 nitrogen and oxygen atoms in total. The van der Waals surface area contributed by atoms with Crippen LogP contribution in [0.15, 0.2) is 24.4 Å². The number of carbonyl (C=O) groups excluding carboxylic acids is 3. The van der Waals surface area contributed by atoms with E-state index in [2.05, 4.69) is 9.80 Å². The van der Waals surface area contributed by atoms with Crippen molar-refractivity contribution < 1.29 is 33.3 Å². The van der Waals surface area contributed by atoms with Crippen LogP contribution in [-0.4, -0.2) is 103 Å². The molecule has 1 aromatic heterocycles. The Kier molecular flexibility index (Phi) is 9.34. The van der Waals surface area contributed by atoms with E-state index in [9.17, 15) is 14.4 Å². The van der Waals surface area contributed by atoms with Gasteiger partial charge in [0.15, 0.2) is 17.9 Å². The molecular weight excluding hydrogens is 614 g/mol. The predicted molar refractivity (Wildman–Crippen MR) is 182 cm³/mol. The molecule has 3 saturated heterocycles. The van der Waals surface area contributed by atoms with E-state index in [-0.39, 0.29) is 12.0 Å². The fourth-order valence-corrected chi connectivity index (χ4v) is 6.98. The van der Waals surface area contributed by atoms with Gasteiger partial charge in [-0.15, -0.1) is 0 Å². The first-order valence-corrected chi connectivity index (χ1v) is 17.1. The van der Waals surface area contributed by atoms with E-state index in [1.54, 1.807) is 11.1 Å². The second-order valence-electron chi connectivity index (χ2n) is 15.2. The van der Waals surface area contributed by atoms with Crippen molar-refractivity contribution in [2.75, 3.05) is 62.3 Å². The number of likely N-dealkylation sites (tertiary alicyclic amines) is 2. The molecule has 0 radical (unpaired) electrons. The summed E-state index contributed by atoms with van der Waals surface area (Å²) in [6.07, 6.45) is 2.91. The molecule has 260 valence electrons. The van der Waals surface area contributed by atoms with Crippen LogP contribution >= 0.6 is 0 Å². The van der Waals surface area contributed by atoms with Crippen molar-refractivity contribution in [3.8, 4) is 5.75 Å². The van der Waals surface area contributed by atoms with Crippen molar-refractivity contribution in [2.24, 2.45) is 0 Å². The largest absolute Gasteiger partial charge is 0.483 e. The third-order valence-corrected chi connectivity index (χ3v) is 9.31. The van der Waals surface area contributed by atoms with E-state index < -0.39 is 23.4 Å². The average Bonchev–Trinajstić information content (AvgIpc) is 3.12. The Balaban J connectivity index is 1.29. The summed E-state index contributed by atoms with van der Waals surface area (Å²) in [7, 11) is 0. The zero-order valence-electron chi connectivity index (χ0n) is 29.3. The van der Waals surface area contributed by atoms with Crippen LogP contribution in [-0.2, 0) is 14.2 Å². The molecule has 0 saturated carbocycles. The monoisotopic (exact) mass is 663 g/mol. The number of aldehydes is 1. The van der Waals surface area contributed by atoms with E-state index in [1.807, 2.05) is 66.7 Å². The van der Waals surface area contributed by atoms with Gasteiger partial charge in [0.05, 0.1) is 30.0 Å². The van der Waals surface area contributed by atoms with E-state index >= 15 is 0 Å². The molecule has 1 atom stereocenters. The first-order valence-electron chi connectivity index (χ1n) is 17.1. The summed E-state index contributed by atoms with van der Waals surface area (Å²) in [5.74, 6) is 0.940. The number of aromatic nitrogens is 1. The van der Waals surface area contributed by atoms with Gasteiger partial charge < -0.3 is 28.7 Å². The number of rotatable bonds is 4. The third-order valence-electron chi connectivity index (χ3n) is 9.31. The van der Waals surface area contributed by atoms with E-state index in [4.69, 9.17) is 23.9 Å². The number of nitrogens with zero attached hydrogens (tertiary/aromatic N) is 5. The highest BCUT2D eigenvalue weighted by Crippen LogP contribution is 2.49. The summed E-state index contributed by atoms with van der Waals surface area (Å²) < 4.78 is 23.7. The molecule has 0 spiro atoms.